The average Bonchev–Trinajstić information content (AvgIpc) is 2.37. The Morgan fingerprint density at radius 3 is 2.95 bits per heavy atom. The van der Waals surface area contributed by atoms with Crippen LogP contribution in [-0.2, 0) is 11.2 Å². The number of carbonyl (C=O) groups is 1. The maximum atomic E-state index is 11.6. The van der Waals surface area contributed by atoms with Crippen molar-refractivity contribution in [3.05, 3.63) is 29.3 Å². The Hall–Kier alpha value is -1.95. The number of methoxy groups -OCH3 is 1. The molecule has 0 spiro atoms. The molecule has 1 aliphatic carbocycles. The molecule has 1 aromatic rings. The number of benzene rings is 1. The van der Waals surface area contributed by atoms with Crippen molar-refractivity contribution in [2.75, 3.05) is 7.11 Å². The van der Waals surface area contributed by atoms with Gasteiger partial charge in [0.15, 0.2) is 0 Å². The van der Waals surface area contributed by atoms with E-state index in [0.29, 0.717) is 5.92 Å². The first-order valence-electron chi connectivity index (χ1n) is 6.54. The number of amides is 1. The molecule has 0 heterocycles. The van der Waals surface area contributed by atoms with Gasteiger partial charge in [0, 0.05) is 0 Å². The molecule has 2 unspecified atom stereocenters. The van der Waals surface area contributed by atoms with Crippen LogP contribution >= 0.6 is 0 Å². The lowest BCUT2D eigenvalue weighted by atomic mass is 9.81. The zero-order chi connectivity index (χ0) is 13.8. The fourth-order valence-electron chi connectivity index (χ4n) is 2.66. The lowest BCUT2D eigenvalue weighted by Crippen LogP contribution is -2.32. The summed E-state index contributed by atoms with van der Waals surface area (Å²) in [6, 6.07) is 6.11. The van der Waals surface area contributed by atoms with Crippen molar-refractivity contribution in [2.24, 2.45) is 5.92 Å². The molecule has 0 saturated carbocycles. The van der Waals surface area contributed by atoms with E-state index in [0.717, 1.165) is 18.6 Å². The summed E-state index contributed by atoms with van der Waals surface area (Å²) in [5, 5.41) is 2.99. The monoisotopic (exact) mass is 257 g/mol. The van der Waals surface area contributed by atoms with Gasteiger partial charge in [0.2, 0.25) is 0 Å². The minimum absolute atomic E-state index is 0.0537. The SMILES string of the molecule is CC#CC(=O)NC1CC(C)Cc2cc(OC)ccc21. The van der Waals surface area contributed by atoms with Crippen LogP contribution in [0.3, 0.4) is 0 Å². The van der Waals surface area contributed by atoms with E-state index in [1.54, 1.807) is 14.0 Å². The van der Waals surface area contributed by atoms with Gasteiger partial charge in [0.1, 0.15) is 5.75 Å². The molecule has 1 aromatic carbocycles. The summed E-state index contributed by atoms with van der Waals surface area (Å²) in [5.74, 6) is 6.37. The van der Waals surface area contributed by atoms with Crippen molar-refractivity contribution in [1.82, 2.24) is 5.32 Å². The Balaban J connectivity index is 2.27. The molecule has 0 aromatic heterocycles. The Labute approximate surface area is 114 Å². The van der Waals surface area contributed by atoms with E-state index in [4.69, 9.17) is 4.74 Å². The predicted octanol–water partition coefficient (Wildman–Crippen LogP) is 2.46. The van der Waals surface area contributed by atoms with E-state index >= 15 is 0 Å². The van der Waals surface area contributed by atoms with E-state index in [1.165, 1.54) is 11.1 Å². The summed E-state index contributed by atoms with van der Waals surface area (Å²) < 4.78 is 5.26. The molecule has 3 nitrogen and oxygen atoms in total. The summed E-state index contributed by atoms with van der Waals surface area (Å²) in [6.07, 6.45) is 1.98. The van der Waals surface area contributed by atoms with E-state index in [1.807, 2.05) is 12.1 Å². The van der Waals surface area contributed by atoms with Crippen LogP contribution in [0.4, 0.5) is 0 Å². The molecule has 0 saturated heterocycles. The maximum Gasteiger partial charge on any atom is 0.296 e. The van der Waals surface area contributed by atoms with Crippen molar-refractivity contribution >= 4 is 5.91 Å². The van der Waals surface area contributed by atoms with Gasteiger partial charge in [-0.05, 0) is 54.9 Å². The summed E-state index contributed by atoms with van der Waals surface area (Å²) in [4.78, 5) is 11.6. The molecular weight excluding hydrogens is 238 g/mol. The second-order valence-electron chi connectivity index (χ2n) is 5.01. The molecule has 1 amide bonds. The summed E-state index contributed by atoms with van der Waals surface area (Å²) in [7, 11) is 1.67. The Morgan fingerprint density at radius 2 is 2.26 bits per heavy atom. The number of fused-ring (bicyclic) bond motifs is 1. The van der Waals surface area contributed by atoms with Crippen LogP contribution in [0.15, 0.2) is 18.2 Å². The van der Waals surface area contributed by atoms with Crippen molar-refractivity contribution in [3.8, 4) is 17.6 Å². The van der Waals surface area contributed by atoms with Gasteiger partial charge in [-0.3, -0.25) is 4.79 Å². The molecule has 3 heteroatoms. The van der Waals surface area contributed by atoms with E-state index in [-0.39, 0.29) is 11.9 Å². The fraction of sp³-hybridized carbons (Fsp3) is 0.438. The van der Waals surface area contributed by atoms with Crippen LogP contribution in [0, 0.1) is 17.8 Å². The largest absolute Gasteiger partial charge is 0.497 e. The van der Waals surface area contributed by atoms with Crippen LogP contribution in [0.1, 0.15) is 37.4 Å². The average molecular weight is 257 g/mol. The number of hydrogen-bond donors (Lipinski definition) is 1. The van der Waals surface area contributed by atoms with Crippen molar-refractivity contribution < 1.29 is 9.53 Å². The fourth-order valence-corrected chi connectivity index (χ4v) is 2.66. The van der Waals surface area contributed by atoms with E-state index < -0.39 is 0 Å². The molecular formula is C16H19NO2. The van der Waals surface area contributed by atoms with Gasteiger partial charge in [0.25, 0.3) is 5.91 Å². The molecule has 1 N–H and O–H groups in total. The van der Waals surface area contributed by atoms with Crippen LogP contribution < -0.4 is 10.1 Å². The van der Waals surface area contributed by atoms with Crippen LogP contribution in [0.25, 0.3) is 0 Å². The molecule has 0 aliphatic heterocycles. The topological polar surface area (TPSA) is 38.3 Å². The number of ether oxygens (including phenoxy) is 1. The summed E-state index contributed by atoms with van der Waals surface area (Å²) >= 11 is 0. The third-order valence-electron chi connectivity index (χ3n) is 3.48. The molecule has 0 fully saturated rings. The molecule has 1 aliphatic rings. The predicted molar refractivity (Wildman–Crippen MR) is 74.8 cm³/mol. The first-order chi connectivity index (χ1) is 9.13. The summed E-state index contributed by atoms with van der Waals surface area (Å²) in [6.45, 7) is 3.87. The molecule has 2 atom stereocenters. The minimum atomic E-state index is -0.205. The normalized spacial score (nSPS) is 20.8. The Morgan fingerprint density at radius 1 is 1.47 bits per heavy atom. The van der Waals surface area contributed by atoms with Gasteiger partial charge < -0.3 is 10.1 Å². The van der Waals surface area contributed by atoms with Gasteiger partial charge in [0.05, 0.1) is 13.2 Å². The second-order valence-corrected chi connectivity index (χ2v) is 5.01. The van der Waals surface area contributed by atoms with Crippen molar-refractivity contribution in [2.45, 2.75) is 32.7 Å². The quantitative estimate of drug-likeness (QED) is 0.826. The van der Waals surface area contributed by atoms with Gasteiger partial charge in [-0.15, -0.1) is 0 Å². The van der Waals surface area contributed by atoms with Gasteiger partial charge >= 0.3 is 0 Å². The lowest BCUT2D eigenvalue weighted by Gasteiger charge is -2.30. The molecule has 0 bridgehead atoms. The molecule has 0 radical (unpaired) electrons. The third kappa shape index (κ3) is 3.08. The number of nitrogens with one attached hydrogen (secondary N) is 1. The minimum Gasteiger partial charge on any atom is -0.497 e. The second kappa shape index (κ2) is 5.79. The molecule has 19 heavy (non-hydrogen) atoms. The standard InChI is InChI=1S/C16H19NO2/c1-4-5-16(18)17-15-9-11(2)8-12-10-13(19-3)6-7-14(12)15/h6-7,10-11,15H,8-9H2,1-3H3,(H,17,18). The smallest absolute Gasteiger partial charge is 0.296 e. The van der Waals surface area contributed by atoms with Crippen LogP contribution in [0.5, 0.6) is 5.75 Å². The number of rotatable bonds is 2. The van der Waals surface area contributed by atoms with Crippen LogP contribution in [-0.4, -0.2) is 13.0 Å². The lowest BCUT2D eigenvalue weighted by molar-refractivity contribution is -0.116. The zero-order valence-electron chi connectivity index (χ0n) is 11.6. The zero-order valence-corrected chi connectivity index (χ0v) is 11.6. The van der Waals surface area contributed by atoms with Crippen LogP contribution in [0.2, 0.25) is 0 Å². The highest BCUT2D eigenvalue weighted by atomic mass is 16.5. The highest BCUT2D eigenvalue weighted by molar-refractivity contribution is 5.93. The third-order valence-corrected chi connectivity index (χ3v) is 3.48. The van der Waals surface area contributed by atoms with E-state index in [2.05, 4.69) is 30.1 Å². The first-order valence-corrected chi connectivity index (χ1v) is 6.54. The molecule has 100 valence electrons. The number of hydrogen-bond acceptors (Lipinski definition) is 2. The highest BCUT2D eigenvalue weighted by Gasteiger charge is 2.25. The van der Waals surface area contributed by atoms with Gasteiger partial charge in [-0.25, -0.2) is 0 Å². The van der Waals surface area contributed by atoms with E-state index in [9.17, 15) is 4.79 Å². The van der Waals surface area contributed by atoms with Gasteiger partial charge in [-0.1, -0.05) is 18.9 Å². The van der Waals surface area contributed by atoms with Crippen molar-refractivity contribution in [3.63, 3.8) is 0 Å². The Kier molecular flexibility index (Phi) is 4.11. The van der Waals surface area contributed by atoms with Crippen molar-refractivity contribution in [1.29, 1.82) is 0 Å². The maximum absolute atomic E-state index is 11.6. The first kappa shape index (κ1) is 13.5. The molecule has 2 rings (SSSR count). The Bertz CT molecular complexity index is 539. The highest BCUT2D eigenvalue weighted by Crippen LogP contribution is 2.34. The number of carbonyl (C=O) groups excluding carboxylic acids is 1. The summed E-state index contributed by atoms with van der Waals surface area (Å²) in [5.41, 5.74) is 2.44. The van der Waals surface area contributed by atoms with Gasteiger partial charge in [-0.2, -0.15) is 0 Å².